The highest BCUT2D eigenvalue weighted by Gasteiger charge is 2.27. The molecule has 1 fully saturated rings. The van der Waals surface area contributed by atoms with E-state index >= 15 is 0 Å². The van der Waals surface area contributed by atoms with Gasteiger partial charge in [0.1, 0.15) is 5.82 Å². The number of carbonyl (C=O) groups excluding carboxylic acids is 1. The van der Waals surface area contributed by atoms with Crippen LogP contribution in [0.5, 0.6) is 0 Å². The van der Waals surface area contributed by atoms with E-state index in [-0.39, 0.29) is 18.4 Å². The lowest BCUT2D eigenvalue weighted by Crippen LogP contribution is -2.30. The molecule has 1 amide bonds. The summed E-state index contributed by atoms with van der Waals surface area (Å²) in [5, 5.41) is 12.2. The topological polar surface area (TPSA) is 65.5 Å². The van der Waals surface area contributed by atoms with Crippen molar-refractivity contribution in [2.24, 2.45) is 5.92 Å². The first-order valence-electron chi connectivity index (χ1n) is 6.35. The first kappa shape index (κ1) is 12.8. The summed E-state index contributed by atoms with van der Waals surface area (Å²) in [6.07, 6.45) is 2.55. The Balaban J connectivity index is 2.14. The van der Waals surface area contributed by atoms with Gasteiger partial charge in [0.05, 0.1) is 5.56 Å². The van der Waals surface area contributed by atoms with Gasteiger partial charge >= 0.3 is 0 Å². The zero-order valence-electron chi connectivity index (χ0n) is 10.6. The second-order valence-electron chi connectivity index (χ2n) is 4.52. The zero-order valence-corrected chi connectivity index (χ0v) is 10.6. The van der Waals surface area contributed by atoms with Gasteiger partial charge in [-0.05, 0) is 25.5 Å². The summed E-state index contributed by atoms with van der Waals surface area (Å²) in [5.41, 5.74) is 0.609. The van der Waals surface area contributed by atoms with E-state index in [1.165, 1.54) is 0 Å². The van der Waals surface area contributed by atoms with Crippen LogP contribution in [-0.4, -0.2) is 47.1 Å². The molecule has 0 radical (unpaired) electrons. The molecule has 5 nitrogen and oxygen atoms in total. The predicted octanol–water partition coefficient (Wildman–Crippen LogP) is 0.968. The van der Waals surface area contributed by atoms with E-state index in [1.54, 1.807) is 23.2 Å². The van der Waals surface area contributed by atoms with Crippen molar-refractivity contribution in [3.8, 4) is 0 Å². The number of aliphatic hydroxyl groups excluding tert-OH is 1. The van der Waals surface area contributed by atoms with Crippen molar-refractivity contribution in [2.45, 2.75) is 13.3 Å². The summed E-state index contributed by atoms with van der Waals surface area (Å²) in [6.45, 7) is 4.20. The molecule has 1 aromatic rings. The predicted molar refractivity (Wildman–Crippen MR) is 69.5 cm³/mol. The molecule has 1 atom stereocenters. The van der Waals surface area contributed by atoms with E-state index in [2.05, 4.69) is 10.3 Å². The summed E-state index contributed by atoms with van der Waals surface area (Å²) in [4.78, 5) is 18.4. The third-order valence-corrected chi connectivity index (χ3v) is 3.21. The first-order chi connectivity index (χ1) is 8.76. The smallest absolute Gasteiger partial charge is 0.257 e. The second-order valence-corrected chi connectivity index (χ2v) is 4.52. The molecule has 2 heterocycles. The van der Waals surface area contributed by atoms with Gasteiger partial charge in [0.25, 0.3) is 5.91 Å². The number of aromatic nitrogens is 1. The SMILES string of the molecule is CCNc1ncccc1C(=O)N1CCC(CO)C1. The monoisotopic (exact) mass is 249 g/mol. The summed E-state index contributed by atoms with van der Waals surface area (Å²) in [5.74, 6) is 0.848. The molecule has 0 spiro atoms. The Bertz CT molecular complexity index is 422. The van der Waals surface area contributed by atoms with E-state index in [9.17, 15) is 4.79 Å². The number of pyridine rings is 1. The number of nitrogens with one attached hydrogen (secondary N) is 1. The van der Waals surface area contributed by atoms with Crippen molar-refractivity contribution in [3.05, 3.63) is 23.9 Å². The van der Waals surface area contributed by atoms with E-state index in [0.717, 1.165) is 13.0 Å². The number of rotatable bonds is 4. The van der Waals surface area contributed by atoms with Crippen molar-refractivity contribution in [1.82, 2.24) is 9.88 Å². The highest BCUT2D eigenvalue weighted by molar-refractivity contribution is 5.98. The van der Waals surface area contributed by atoms with E-state index in [1.807, 2.05) is 6.92 Å². The van der Waals surface area contributed by atoms with Crippen LogP contribution in [0.25, 0.3) is 0 Å². The Labute approximate surface area is 107 Å². The minimum atomic E-state index is -0.00463. The number of nitrogens with zero attached hydrogens (tertiary/aromatic N) is 2. The average Bonchev–Trinajstić information content (AvgIpc) is 2.88. The highest BCUT2D eigenvalue weighted by Crippen LogP contribution is 2.20. The molecule has 0 aliphatic carbocycles. The minimum absolute atomic E-state index is 0.00463. The van der Waals surface area contributed by atoms with E-state index < -0.39 is 0 Å². The first-order valence-corrected chi connectivity index (χ1v) is 6.35. The third-order valence-electron chi connectivity index (χ3n) is 3.21. The van der Waals surface area contributed by atoms with E-state index in [0.29, 0.717) is 24.5 Å². The summed E-state index contributed by atoms with van der Waals surface area (Å²) in [6, 6.07) is 3.56. The van der Waals surface area contributed by atoms with Crippen LogP contribution in [0.2, 0.25) is 0 Å². The summed E-state index contributed by atoms with van der Waals surface area (Å²) in [7, 11) is 0. The van der Waals surface area contributed by atoms with Crippen molar-refractivity contribution in [3.63, 3.8) is 0 Å². The maximum absolute atomic E-state index is 12.4. The van der Waals surface area contributed by atoms with Crippen LogP contribution in [0.15, 0.2) is 18.3 Å². The van der Waals surface area contributed by atoms with Gasteiger partial charge < -0.3 is 15.3 Å². The van der Waals surface area contributed by atoms with E-state index in [4.69, 9.17) is 5.11 Å². The lowest BCUT2D eigenvalue weighted by Gasteiger charge is -2.18. The molecule has 1 aromatic heterocycles. The number of carbonyl (C=O) groups is 1. The number of anilines is 1. The molecule has 18 heavy (non-hydrogen) atoms. The van der Waals surface area contributed by atoms with Gasteiger partial charge in [-0.1, -0.05) is 0 Å². The fourth-order valence-corrected chi connectivity index (χ4v) is 2.22. The van der Waals surface area contributed by atoms with Crippen molar-refractivity contribution in [1.29, 1.82) is 0 Å². The Morgan fingerprint density at radius 2 is 2.50 bits per heavy atom. The van der Waals surface area contributed by atoms with Crippen molar-refractivity contribution >= 4 is 11.7 Å². The Kier molecular flexibility index (Phi) is 4.15. The Morgan fingerprint density at radius 3 is 3.17 bits per heavy atom. The molecule has 2 rings (SSSR count). The largest absolute Gasteiger partial charge is 0.396 e. The van der Waals surface area contributed by atoms with Gasteiger partial charge in [-0.2, -0.15) is 0 Å². The van der Waals surface area contributed by atoms with Crippen LogP contribution in [0.4, 0.5) is 5.82 Å². The van der Waals surface area contributed by atoms with Gasteiger partial charge in [-0.15, -0.1) is 0 Å². The molecule has 0 saturated carbocycles. The van der Waals surface area contributed by atoms with Crippen LogP contribution in [0, 0.1) is 5.92 Å². The van der Waals surface area contributed by atoms with Crippen LogP contribution in [0.1, 0.15) is 23.7 Å². The lowest BCUT2D eigenvalue weighted by molar-refractivity contribution is 0.0782. The number of likely N-dealkylation sites (tertiary alicyclic amines) is 1. The van der Waals surface area contributed by atoms with Gasteiger partial charge in [0.15, 0.2) is 0 Å². The second kappa shape index (κ2) is 5.82. The summed E-state index contributed by atoms with van der Waals surface area (Å²) >= 11 is 0. The molecule has 5 heteroatoms. The maximum atomic E-state index is 12.4. The van der Waals surface area contributed by atoms with Crippen LogP contribution in [-0.2, 0) is 0 Å². The minimum Gasteiger partial charge on any atom is -0.396 e. The quantitative estimate of drug-likeness (QED) is 0.834. The third kappa shape index (κ3) is 2.61. The molecular weight excluding hydrogens is 230 g/mol. The van der Waals surface area contributed by atoms with Crippen LogP contribution < -0.4 is 5.32 Å². The van der Waals surface area contributed by atoms with Gasteiger partial charge in [-0.25, -0.2) is 4.98 Å². The number of aliphatic hydroxyl groups is 1. The summed E-state index contributed by atoms with van der Waals surface area (Å²) < 4.78 is 0. The number of hydrogen-bond acceptors (Lipinski definition) is 4. The molecule has 1 aliphatic rings. The highest BCUT2D eigenvalue weighted by atomic mass is 16.3. The van der Waals surface area contributed by atoms with Crippen LogP contribution >= 0.6 is 0 Å². The lowest BCUT2D eigenvalue weighted by atomic mass is 10.1. The molecule has 2 N–H and O–H groups in total. The molecular formula is C13H19N3O2. The van der Waals surface area contributed by atoms with Gasteiger partial charge in [0.2, 0.25) is 0 Å². The fraction of sp³-hybridized carbons (Fsp3) is 0.538. The number of hydrogen-bond donors (Lipinski definition) is 2. The average molecular weight is 249 g/mol. The fourth-order valence-electron chi connectivity index (χ4n) is 2.22. The molecule has 0 aromatic carbocycles. The molecule has 0 bridgehead atoms. The molecule has 1 unspecified atom stereocenters. The molecule has 1 aliphatic heterocycles. The Hall–Kier alpha value is -1.62. The number of amides is 1. The normalized spacial score (nSPS) is 19.0. The van der Waals surface area contributed by atoms with Crippen LogP contribution in [0.3, 0.4) is 0 Å². The molecule has 1 saturated heterocycles. The standard InChI is InChI=1S/C13H19N3O2/c1-2-14-12-11(4-3-6-15-12)13(18)16-7-5-10(8-16)9-17/h3-4,6,10,17H,2,5,7-9H2,1H3,(H,14,15). The van der Waals surface area contributed by atoms with Gasteiger partial charge in [0, 0.05) is 38.4 Å². The molecule has 98 valence electrons. The maximum Gasteiger partial charge on any atom is 0.257 e. The van der Waals surface area contributed by atoms with Gasteiger partial charge in [-0.3, -0.25) is 4.79 Å². The van der Waals surface area contributed by atoms with Crippen molar-refractivity contribution < 1.29 is 9.90 Å². The Morgan fingerprint density at radius 1 is 1.67 bits per heavy atom. The van der Waals surface area contributed by atoms with Crippen molar-refractivity contribution in [2.75, 3.05) is 31.6 Å². The zero-order chi connectivity index (χ0) is 13.0.